The maximum atomic E-state index is 11.8. The molecule has 2 heterocycles. The number of nitrogens with zero attached hydrogens (tertiary/aromatic N) is 2. The Morgan fingerprint density at radius 1 is 1.17 bits per heavy atom. The lowest BCUT2D eigenvalue weighted by Gasteiger charge is -2.60. The zero-order valence-electron chi connectivity index (χ0n) is 13.4. The summed E-state index contributed by atoms with van der Waals surface area (Å²) >= 11 is 0. The van der Waals surface area contributed by atoms with Crippen molar-refractivity contribution in [3.05, 3.63) is 35.7 Å². The van der Waals surface area contributed by atoms with E-state index in [1.54, 1.807) is 0 Å². The maximum absolute atomic E-state index is 11.8. The molecule has 23 heavy (non-hydrogen) atoms. The first-order valence-electron chi connectivity index (χ1n) is 8.87. The van der Waals surface area contributed by atoms with Gasteiger partial charge in [0.1, 0.15) is 5.82 Å². The van der Waals surface area contributed by atoms with E-state index < -0.39 is 0 Å². The number of primary amides is 1. The molecule has 1 aromatic rings. The molecule has 4 bridgehead atoms. The van der Waals surface area contributed by atoms with Gasteiger partial charge in [0.2, 0.25) is 5.91 Å². The summed E-state index contributed by atoms with van der Waals surface area (Å²) in [7, 11) is 0. The normalized spacial score (nSPS) is 37.5. The zero-order chi connectivity index (χ0) is 15.6. The Balaban J connectivity index is 1.62. The fourth-order valence-corrected chi connectivity index (χ4v) is 6.13. The van der Waals surface area contributed by atoms with Crippen molar-refractivity contribution in [2.45, 2.75) is 50.5 Å². The third-order valence-electron chi connectivity index (χ3n) is 6.59. The molecule has 6 rings (SSSR count). The van der Waals surface area contributed by atoms with Crippen LogP contribution in [0.4, 0.5) is 5.82 Å². The highest BCUT2D eigenvalue weighted by Gasteiger charge is 2.54. The first kappa shape index (κ1) is 13.6. The fourth-order valence-electron chi connectivity index (χ4n) is 6.13. The first-order chi connectivity index (χ1) is 11.1. The Bertz CT molecular complexity index is 673. The van der Waals surface area contributed by atoms with Crippen molar-refractivity contribution in [1.82, 2.24) is 4.98 Å². The van der Waals surface area contributed by atoms with Gasteiger partial charge in [0.15, 0.2) is 0 Å². The van der Waals surface area contributed by atoms with E-state index in [1.165, 1.54) is 38.5 Å². The number of carbonyl (C=O) groups is 1. The number of hydrogen-bond acceptors (Lipinski definition) is 3. The van der Waals surface area contributed by atoms with E-state index in [0.717, 1.165) is 34.7 Å². The first-order valence-corrected chi connectivity index (χ1v) is 8.87. The van der Waals surface area contributed by atoms with Crippen molar-refractivity contribution in [3.63, 3.8) is 0 Å². The summed E-state index contributed by atoms with van der Waals surface area (Å²) in [6.07, 6.45) is 12.5. The van der Waals surface area contributed by atoms with Crippen molar-refractivity contribution in [2.75, 3.05) is 4.90 Å². The lowest BCUT2D eigenvalue weighted by Crippen LogP contribution is -2.59. The summed E-state index contributed by atoms with van der Waals surface area (Å²) in [5.41, 5.74) is 7.65. The number of aromatic nitrogens is 1. The SMILES string of the molecule is NC(=O)C1=CN(C23CC4CC(CC(C4)C2)C3)c2ncccc2C1. The maximum Gasteiger partial charge on any atom is 0.246 e. The van der Waals surface area contributed by atoms with Gasteiger partial charge in [0.05, 0.1) is 0 Å². The van der Waals surface area contributed by atoms with Gasteiger partial charge in [-0.25, -0.2) is 4.98 Å². The highest BCUT2D eigenvalue weighted by atomic mass is 16.1. The van der Waals surface area contributed by atoms with Crippen LogP contribution in [0.2, 0.25) is 0 Å². The highest BCUT2D eigenvalue weighted by Crippen LogP contribution is 2.59. The molecule has 120 valence electrons. The third kappa shape index (κ3) is 1.97. The van der Waals surface area contributed by atoms with Gasteiger partial charge in [-0.15, -0.1) is 0 Å². The van der Waals surface area contributed by atoms with Crippen LogP contribution in [0.15, 0.2) is 30.1 Å². The molecule has 4 nitrogen and oxygen atoms in total. The van der Waals surface area contributed by atoms with Gasteiger partial charge in [0.25, 0.3) is 0 Å². The Labute approximate surface area is 136 Å². The minimum Gasteiger partial charge on any atom is -0.366 e. The molecular weight excluding hydrogens is 286 g/mol. The second kappa shape index (κ2) is 4.59. The molecule has 0 aromatic carbocycles. The molecule has 5 aliphatic rings. The number of hydrogen-bond donors (Lipinski definition) is 1. The Morgan fingerprint density at radius 3 is 2.43 bits per heavy atom. The molecule has 4 saturated carbocycles. The van der Waals surface area contributed by atoms with E-state index in [0.29, 0.717) is 6.42 Å². The molecule has 2 N–H and O–H groups in total. The highest BCUT2D eigenvalue weighted by molar-refractivity contribution is 5.94. The molecule has 4 fully saturated rings. The molecule has 0 unspecified atom stereocenters. The number of fused-ring (bicyclic) bond motifs is 1. The fraction of sp³-hybridized carbons (Fsp3) is 0.579. The number of pyridine rings is 1. The molecule has 1 aliphatic heterocycles. The second-order valence-corrected chi connectivity index (χ2v) is 8.19. The lowest BCUT2D eigenvalue weighted by molar-refractivity contribution is -0.114. The predicted octanol–water partition coefficient (Wildman–Crippen LogP) is 2.78. The molecule has 4 aliphatic carbocycles. The van der Waals surface area contributed by atoms with Crippen LogP contribution < -0.4 is 10.6 Å². The monoisotopic (exact) mass is 309 g/mol. The van der Waals surface area contributed by atoms with E-state index in [2.05, 4.69) is 16.0 Å². The standard InChI is InChI=1S/C19H23N3O/c20-17(23)16-7-15-2-1-3-21-18(15)22(11-16)19-8-12-4-13(9-19)6-14(5-12)10-19/h1-3,11-14H,4-10H2,(H2,20,23). The Morgan fingerprint density at radius 2 is 1.83 bits per heavy atom. The second-order valence-electron chi connectivity index (χ2n) is 8.19. The summed E-state index contributed by atoms with van der Waals surface area (Å²) in [5.74, 6) is 3.34. The molecule has 1 aromatic heterocycles. The topological polar surface area (TPSA) is 59.2 Å². The van der Waals surface area contributed by atoms with Crippen molar-refractivity contribution in [2.24, 2.45) is 23.5 Å². The van der Waals surface area contributed by atoms with Crippen LogP contribution in [-0.2, 0) is 11.2 Å². The minimum absolute atomic E-state index is 0.166. The minimum atomic E-state index is -0.297. The predicted molar refractivity (Wildman–Crippen MR) is 88.6 cm³/mol. The van der Waals surface area contributed by atoms with Gasteiger partial charge in [-0.05, 0) is 67.9 Å². The number of rotatable bonds is 2. The summed E-state index contributed by atoms with van der Waals surface area (Å²) < 4.78 is 0. The quantitative estimate of drug-likeness (QED) is 0.914. The summed E-state index contributed by atoms with van der Waals surface area (Å²) in [6.45, 7) is 0. The lowest BCUT2D eigenvalue weighted by atomic mass is 9.52. The van der Waals surface area contributed by atoms with Gasteiger partial charge in [0, 0.05) is 29.9 Å². The van der Waals surface area contributed by atoms with Gasteiger partial charge in [-0.1, -0.05) is 6.07 Å². The van der Waals surface area contributed by atoms with E-state index in [4.69, 9.17) is 5.73 Å². The molecule has 4 heteroatoms. The number of amides is 1. The summed E-state index contributed by atoms with van der Waals surface area (Å²) in [6, 6.07) is 4.05. The Hall–Kier alpha value is -1.84. The van der Waals surface area contributed by atoms with Crippen molar-refractivity contribution >= 4 is 11.7 Å². The number of carbonyl (C=O) groups excluding carboxylic acids is 1. The van der Waals surface area contributed by atoms with Gasteiger partial charge in [-0.3, -0.25) is 4.79 Å². The van der Waals surface area contributed by atoms with Gasteiger partial charge in [-0.2, -0.15) is 0 Å². The van der Waals surface area contributed by atoms with Gasteiger partial charge >= 0.3 is 0 Å². The number of anilines is 1. The summed E-state index contributed by atoms with van der Waals surface area (Å²) in [5, 5.41) is 0. The Kier molecular flexibility index (Phi) is 2.71. The van der Waals surface area contributed by atoms with Gasteiger partial charge < -0.3 is 10.6 Å². The van der Waals surface area contributed by atoms with Crippen LogP contribution in [0.1, 0.15) is 44.1 Å². The van der Waals surface area contributed by atoms with E-state index in [9.17, 15) is 4.79 Å². The van der Waals surface area contributed by atoms with Crippen LogP contribution >= 0.6 is 0 Å². The molecule has 0 saturated heterocycles. The number of nitrogens with two attached hydrogens (primary N) is 1. The average molecular weight is 309 g/mol. The largest absolute Gasteiger partial charge is 0.366 e. The van der Waals surface area contributed by atoms with Crippen molar-refractivity contribution < 1.29 is 4.79 Å². The average Bonchev–Trinajstić information content (AvgIpc) is 2.52. The third-order valence-corrected chi connectivity index (χ3v) is 6.59. The van der Waals surface area contributed by atoms with Crippen LogP contribution in [-0.4, -0.2) is 16.4 Å². The van der Waals surface area contributed by atoms with Crippen LogP contribution in [0.3, 0.4) is 0 Å². The van der Waals surface area contributed by atoms with Crippen LogP contribution in [0.25, 0.3) is 0 Å². The van der Waals surface area contributed by atoms with Crippen molar-refractivity contribution in [1.29, 1.82) is 0 Å². The smallest absolute Gasteiger partial charge is 0.246 e. The van der Waals surface area contributed by atoms with E-state index >= 15 is 0 Å². The van der Waals surface area contributed by atoms with E-state index in [1.807, 2.05) is 18.5 Å². The van der Waals surface area contributed by atoms with Crippen molar-refractivity contribution in [3.8, 4) is 0 Å². The molecule has 1 amide bonds. The molecule has 0 radical (unpaired) electrons. The van der Waals surface area contributed by atoms with Crippen LogP contribution in [0.5, 0.6) is 0 Å². The molecule has 0 atom stereocenters. The van der Waals surface area contributed by atoms with Crippen LogP contribution in [0, 0.1) is 17.8 Å². The van der Waals surface area contributed by atoms with E-state index in [-0.39, 0.29) is 11.4 Å². The zero-order valence-corrected chi connectivity index (χ0v) is 13.4. The molecule has 0 spiro atoms. The summed E-state index contributed by atoms with van der Waals surface area (Å²) in [4.78, 5) is 18.9. The molecular formula is C19H23N3O.